The van der Waals surface area contributed by atoms with Crippen molar-refractivity contribution >= 4 is 0 Å². The molecule has 1 aliphatic rings. The molecule has 0 bridgehead atoms. The number of nitrogens with zero attached hydrogens (tertiary/aromatic N) is 1. The predicted molar refractivity (Wildman–Crippen MR) is 97.3 cm³/mol. The maximum Gasteiger partial charge on any atom is 0.387 e. The molecular weight excluding hydrogens is 352 g/mol. The molecule has 1 saturated heterocycles. The fourth-order valence-corrected chi connectivity index (χ4v) is 2.79. The van der Waals surface area contributed by atoms with Crippen molar-refractivity contribution in [2.75, 3.05) is 13.2 Å². The molecule has 1 aliphatic heterocycles. The summed E-state index contributed by atoms with van der Waals surface area (Å²) in [5.74, 6) is 6.53. The second-order valence-corrected chi connectivity index (χ2v) is 6.26. The molecule has 1 aromatic heterocycles. The molecule has 0 radical (unpaired) electrons. The van der Waals surface area contributed by atoms with E-state index in [4.69, 9.17) is 9.47 Å². The van der Waals surface area contributed by atoms with E-state index in [9.17, 15) is 8.78 Å². The molecular formula is C21H21F2NO3. The normalized spacial score (nSPS) is 19.4. The van der Waals surface area contributed by atoms with Gasteiger partial charge in [-0.2, -0.15) is 8.78 Å². The van der Waals surface area contributed by atoms with E-state index in [1.165, 1.54) is 12.1 Å². The average Bonchev–Trinajstić information content (AvgIpc) is 2.68. The Morgan fingerprint density at radius 1 is 1.15 bits per heavy atom. The van der Waals surface area contributed by atoms with Gasteiger partial charge >= 0.3 is 6.61 Å². The number of hydrogen-bond acceptors (Lipinski definition) is 4. The Balaban J connectivity index is 1.58. The maximum atomic E-state index is 12.2. The van der Waals surface area contributed by atoms with Crippen LogP contribution in [0.1, 0.15) is 25.3 Å². The third-order valence-corrected chi connectivity index (χ3v) is 4.14. The van der Waals surface area contributed by atoms with Crippen molar-refractivity contribution in [3.63, 3.8) is 0 Å². The van der Waals surface area contributed by atoms with E-state index >= 15 is 0 Å². The van der Waals surface area contributed by atoms with Crippen LogP contribution >= 0.6 is 0 Å². The summed E-state index contributed by atoms with van der Waals surface area (Å²) in [5, 5.41) is 0. The SMILES string of the molecule is CCCC1COC(C#Cc2ccc(-c3ccc(OC(F)F)cc3)nc2)OC1. The van der Waals surface area contributed by atoms with Crippen LogP contribution in [0.2, 0.25) is 0 Å². The van der Waals surface area contributed by atoms with E-state index < -0.39 is 12.9 Å². The van der Waals surface area contributed by atoms with Gasteiger partial charge in [0.25, 0.3) is 0 Å². The fourth-order valence-electron chi connectivity index (χ4n) is 2.79. The molecule has 6 heteroatoms. The average molecular weight is 373 g/mol. The molecule has 27 heavy (non-hydrogen) atoms. The molecule has 4 nitrogen and oxygen atoms in total. The minimum atomic E-state index is -2.83. The van der Waals surface area contributed by atoms with Gasteiger partial charge in [0.05, 0.1) is 18.9 Å². The summed E-state index contributed by atoms with van der Waals surface area (Å²) in [6.45, 7) is 0.667. The zero-order chi connectivity index (χ0) is 19.1. The summed E-state index contributed by atoms with van der Waals surface area (Å²) in [5.41, 5.74) is 2.27. The van der Waals surface area contributed by atoms with Crippen LogP contribution in [0.5, 0.6) is 5.75 Å². The lowest BCUT2D eigenvalue weighted by molar-refractivity contribution is -0.170. The highest BCUT2D eigenvalue weighted by Crippen LogP contribution is 2.22. The molecule has 2 aromatic rings. The number of benzene rings is 1. The van der Waals surface area contributed by atoms with Crippen molar-refractivity contribution in [1.82, 2.24) is 4.98 Å². The Bertz CT molecular complexity index is 774. The predicted octanol–water partition coefficient (Wildman–Crippen LogP) is 4.49. The van der Waals surface area contributed by atoms with E-state index in [0.29, 0.717) is 19.1 Å². The lowest BCUT2D eigenvalue weighted by atomic mass is 10.1. The summed E-state index contributed by atoms with van der Waals surface area (Å²) >= 11 is 0. The fraction of sp³-hybridized carbons (Fsp3) is 0.381. The highest BCUT2D eigenvalue weighted by Gasteiger charge is 2.19. The van der Waals surface area contributed by atoms with Crippen LogP contribution in [0, 0.1) is 17.8 Å². The molecule has 1 aromatic carbocycles. The number of alkyl halides is 2. The first-order valence-corrected chi connectivity index (χ1v) is 8.90. The van der Waals surface area contributed by atoms with Gasteiger partial charge in [-0.1, -0.05) is 19.3 Å². The smallest absolute Gasteiger partial charge is 0.387 e. The molecule has 0 N–H and O–H groups in total. The largest absolute Gasteiger partial charge is 0.435 e. The molecule has 0 aliphatic carbocycles. The van der Waals surface area contributed by atoms with Crippen molar-refractivity contribution < 1.29 is 23.0 Å². The second kappa shape index (κ2) is 9.45. The first-order valence-electron chi connectivity index (χ1n) is 8.90. The molecule has 0 spiro atoms. The quantitative estimate of drug-likeness (QED) is 0.724. The van der Waals surface area contributed by atoms with Gasteiger partial charge in [0.15, 0.2) is 0 Å². The van der Waals surface area contributed by atoms with E-state index in [1.54, 1.807) is 18.3 Å². The standard InChI is InChI=1S/C21H21F2NO3/c1-2-3-16-13-25-20(26-14-16)11-5-15-4-10-19(24-12-15)17-6-8-18(9-7-17)27-21(22)23/h4,6-10,12,16,20-21H,2-3,13-14H2,1H3. The molecule has 0 saturated carbocycles. The molecule has 0 unspecified atom stereocenters. The lowest BCUT2D eigenvalue weighted by Gasteiger charge is -2.26. The summed E-state index contributed by atoms with van der Waals surface area (Å²) in [7, 11) is 0. The first kappa shape index (κ1) is 19.3. The number of aromatic nitrogens is 1. The Kier molecular flexibility index (Phi) is 6.74. The molecule has 142 valence electrons. The Morgan fingerprint density at radius 3 is 2.48 bits per heavy atom. The first-order chi connectivity index (χ1) is 13.1. The number of halogens is 2. The third kappa shape index (κ3) is 5.75. The van der Waals surface area contributed by atoms with Crippen molar-refractivity contribution in [3.8, 4) is 28.8 Å². The van der Waals surface area contributed by atoms with E-state index in [0.717, 1.165) is 29.7 Å². The van der Waals surface area contributed by atoms with Gasteiger partial charge in [-0.05, 0) is 48.7 Å². The second-order valence-electron chi connectivity index (χ2n) is 6.26. The van der Waals surface area contributed by atoms with Gasteiger partial charge in [-0.15, -0.1) is 0 Å². The molecule has 2 heterocycles. The number of rotatable bonds is 5. The summed E-state index contributed by atoms with van der Waals surface area (Å²) < 4.78 is 39.9. The van der Waals surface area contributed by atoms with Gasteiger partial charge in [-0.25, -0.2) is 0 Å². The number of hydrogen-bond donors (Lipinski definition) is 0. The summed E-state index contributed by atoms with van der Waals surface area (Å²) in [6, 6.07) is 10.0. The van der Waals surface area contributed by atoms with Crippen LogP contribution in [0.25, 0.3) is 11.3 Å². The van der Waals surface area contributed by atoms with Gasteiger partial charge in [-0.3, -0.25) is 4.98 Å². The van der Waals surface area contributed by atoms with E-state index in [-0.39, 0.29) is 5.75 Å². The molecule has 3 rings (SSSR count). The zero-order valence-corrected chi connectivity index (χ0v) is 15.0. The van der Waals surface area contributed by atoms with Gasteiger partial charge in [0.1, 0.15) is 5.75 Å². The monoisotopic (exact) mass is 373 g/mol. The summed E-state index contributed by atoms with van der Waals surface area (Å²) in [6.07, 6.45) is 3.38. The number of pyridine rings is 1. The minimum Gasteiger partial charge on any atom is -0.435 e. The number of ether oxygens (including phenoxy) is 3. The highest BCUT2D eigenvalue weighted by molar-refractivity contribution is 5.60. The van der Waals surface area contributed by atoms with Crippen LogP contribution in [0.4, 0.5) is 8.78 Å². The molecule has 0 atom stereocenters. The summed E-state index contributed by atoms with van der Waals surface area (Å²) in [4.78, 5) is 4.37. The lowest BCUT2D eigenvalue weighted by Crippen LogP contribution is -2.31. The topological polar surface area (TPSA) is 40.6 Å². The third-order valence-electron chi connectivity index (χ3n) is 4.14. The van der Waals surface area contributed by atoms with Crippen LogP contribution < -0.4 is 4.74 Å². The van der Waals surface area contributed by atoms with Gasteiger partial charge in [0, 0.05) is 23.2 Å². The van der Waals surface area contributed by atoms with Crippen molar-refractivity contribution in [2.24, 2.45) is 5.92 Å². The van der Waals surface area contributed by atoms with Crippen molar-refractivity contribution in [2.45, 2.75) is 32.7 Å². The Morgan fingerprint density at radius 2 is 1.89 bits per heavy atom. The minimum absolute atomic E-state index is 0.116. The van der Waals surface area contributed by atoms with E-state index in [2.05, 4.69) is 28.5 Å². The Labute approximate surface area is 157 Å². The molecule has 1 fully saturated rings. The molecule has 0 amide bonds. The van der Waals surface area contributed by atoms with Crippen LogP contribution in [-0.4, -0.2) is 31.1 Å². The van der Waals surface area contributed by atoms with Crippen LogP contribution in [-0.2, 0) is 9.47 Å². The van der Waals surface area contributed by atoms with Gasteiger partial charge < -0.3 is 14.2 Å². The van der Waals surface area contributed by atoms with Crippen LogP contribution in [0.3, 0.4) is 0 Å². The maximum absolute atomic E-state index is 12.2. The van der Waals surface area contributed by atoms with E-state index in [1.807, 2.05) is 12.1 Å². The van der Waals surface area contributed by atoms with Crippen LogP contribution in [0.15, 0.2) is 42.6 Å². The van der Waals surface area contributed by atoms with Crippen molar-refractivity contribution in [3.05, 3.63) is 48.2 Å². The highest BCUT2D eigenvalue weighted by atomic mass is 19.3. The van der Waals surface area contributed by atoms with Crippen molar-refractivity contribution in [1.29, 1.82) is 0 Å². The Hall–Kier alpha value is -2.49. The zero-order valence-electron chi connectivity index (χ0n) is 15.0. The van der Waals surface area contributed by atoms with Gasteiger partial charge in [0.2, 0.25) is 6.29 Å².